The predicted molar refractivity (Wildman–Crippen MR) is 95.0 cm³/mol. The van der Waals surface area contributed by atoms with Gasteiger partial charge in [-0.15, -0.1) is 0 Å². The summed E-state index contributed by atoms with van der Waals surface area (Å²) < 4.78 is 11.9. The Bertz CT molecular complexity index is 537. The van der Waals surface area contributed by atoms with Crippen molar-refractivity contribution in [2.45, 2.75) is 13.8 Å². The number of hydrogen-bond acceptors (Lipinski definition) is 6. The van der Waals surface area contributed by atoms with Crippen molar-refractivity contribution in [3.63, 3.8) is 0 Å². The Morgan fingerprint density at radius 2 is 1.23 bits per heavy atom. The molecule has 0 aromatic carbocycles. The van der Waals surface area contributed by atoms with Crippen LogP contribution in [0.25, 0.3) is 0 Å². The Balaban J connectivity index is 0.000000235. The highest BCUT2D eigenvalue weighted by Gasteiger charge is 2.01. The third-order valence-electron chi connectivity index (χ3n) is 2.17. The molecular formula is C14H18Br2N4O2. The topological polar surface area (TPSA) is 96.3 Å². The number of pyridine rings is 2. The number of nitrogens with zero attached hydrogens (tertiary/aromatic N) is 2. The van der Waals surface area contributed by atoms with Crippen LogP contribution in [0.5, 0.6) is 11.8 Å². The first kappa shape index (κ1) is 18.5. The fraction of sp³-hybridized carbons (Fsp3) is 0.286. The van der Waals surface area contributed by atoms with E-state index >= 15 is 0 Å². The molecule has 0 amide bonds. The summed E-state index contributed by atoms with van der Waals surface area (Å²) in [5.74, 6) is 1.01. The van der Waals surface area contributed by atoms with Crippen molar-refractivity contribution >= 4 is 43.2 Å². The summed E-state index contributed by atoms with van der Waals surface area (Å²) >= 11 is 6.38. The maximum Gasteiger partial charge on any atom is 0.218 e. The average Bonchev–Trinajstić information content (AvgIpc) is 2.37. The lowest BCUT2D eigenvalue weighted by molar-refractivity contribution is 0.299. The molecule has 0 radical (unpaired) electrons. The second-order valence-electron chi connectivity index (χ2n) is 3.99. The molecule has 0 saturated heterocycles. The number of aromatic nitrogens is 2. The fourth-order valence-electron chi connectivity index (χ4n) is 1.43. The van der Waals surface area contributed by atoms with Gasteiger partial charge in [-0.2, -0.15) is 4.98 Å². The van der Waals surface area contributed by atoms with E-state index in [1.807, 2.05) is 13.8 Å². The van der Waals surface area contributed by atoms with Crippen LogP contribution >= 0.6 is 31.9 Å². The highest BCUT2D eigenvalue weighted by Crippen LogP contribution is 2.19. The number of anilines is 2. The summed E-state index contributed by atoms with van der Waals surface area (Å²) in [6.07, 6.45) is 0. The van der Waals surface area contributed by atoms with E-state index in [1.54, 1.807) is 24.3 Å². The van der Waals surface area contributed by atoms with Crippen molar-refractivity contribution in [1.82, 2.24) is 9.97 Å². The zero-order valence-electron chi connectivity index (χ0n) is 12.3. The van der Waals surface area contributed by atoms with E-state index in [-0.39, 0.29) is 0 Å². The number of nitrogens with two attached hydrogens (primary N) is 2. The van der Waals surface area contributed by atoms with Crippen LogP contribution in [0.4, 0.5) is 11.4 Å². The second kappa shape index (κ2) is 9.47. The summed E-state index contributed by atoms with van der Waals surface area (Å²) in [5, 5.41) is 0. The van der Waals surface area contributed by atoms with Crippen LogP contribution in [-0.2, 0) is 0 Å². The van der Waals surface area contributed by atoms with E-state index in [2.05, 4.69) is 41.8 Å². The molecule has 0 atom stereocenters. The van der Waals surface area contributed by atoms with Crippen molar-refractivity contribution in [2.24, 2.45) is 0 Å². The maximum absolute atomic E-state index is 5.62. The summed E-state index contributed by atoms with van der Waals surface area (Å²) in [7, 11) is 0. The van der Waals surface area contributed by atoms with Gasteiger partial charge in [0, 0.05) is 23.5 Å². The van der Waals surface area contributed by atoms with Crippen LogP contribution in [0.3, 0.4) is 0 Å². The predicted octanol–water partition coefficient (Wildman–Crippen LogP) is 3.65. The van der Waals surface area contributed by atoms with Gasteiger partial charge in [-0.1, -0.05) is 0 Å². The smallest absolute Gasteiger partial charge is 0.218 e. The minimum atomic E-state index is 0.506. The monoisotopic (exact) mass is 432 g/mol. The van der Waals surface area contributed by atoms with Crippen LogP contribution in [-0.4, -0.2) is 23.2 Å². The molecule has 2 aromatic heterocycles. The van der Waals surface area contributed by atoms with Crippen LogP contribution in [0.15, 0.2) is 33.5 Å². The fourth-order valence-corrected chi connectivity index (χ4v) is 2.58. The van der Waals surface area contributed by atoms with Gasteiger partial charge in [-0.25, -0.2) is 4.98 Å². The molecule has 0 saturated carbocycles. The van der Waals surface area contributed by atoms with E-state index in [0.29, 0.717) is 36.3 Å². The molecule has 2 heterocycles. The van der Waals surface area contributed by atoms with Gasteiger partial charge in [-0.05, 0) is 57.8 Å². The van der Waals surface area contributed by atoms with Gasteiger partial charge in [0.2, 0.25) is 11.8 Å². The van der Waals surface area contributed by atoms with Gasteiger partial charge in [0.05, 0.1) is 13.2 Å². The maximum atomic E-state index is 5.62. The Morgan fingerprint density at radius 1 is 0.818 bits per heavy atom. The van der Waals surface area contributed by atoms with E-state index in [1.165, 1.54) is 0 Å². The normalized spacial score (nSPS) is 9.64. The molecule has 0 bridgehead atoms. The molecule has 0 fully saturated rings. The number of nitrogen functional groups attached to an aromatic ring is 2. The van der Waals surface area contributed by atoms with Gasteiger partial charge in [0.1, 0.15) is 9.21 Å². The average molecular weight is 434 g/mol. The van der Waals surface area contributed by atoms with Gasteiger partial charge < -0.3 is 20.9 Å². The van der Waals surface area contributed by atoms with Gasteiger partial charge in [0.25, 0.3) is 0 Å². The largest absolute Gasteiger partial charge is 0.478 e. The highest BCUT2D eigenvalue weighted by atomic mass is 79.9. The standard InChI is InChI=1S/C9H14N2O2.C5H4Br2N2/c1-3-12-8-5-7(10)6-9(11-8)13-4-2;6-4-1-3(8)2-5(7)9-4/h5-6H,3-4H2,1-2H3,(H2,10,11);1-2H,(H2,8,9). The molecule has 0 aliphatic carbocycles. The first-order chi connectivity index (χ1) is 10.4. The van der Waals surface area contributed by atoms with Crippen LogP contribution in [0.1, 0.15) is 13.8 Å². The van der Waals surface area contributed by atoms with Crippen molar-refractivity contribution in [3.8, 4) is 11.8 Å². The van der Waals surface area contributed by atoms with Crippen LogP contribution < -0.4 is 20.9 Å². The number of halogens is 2. The Kier molecular flexibility index (Phi) is 7.97. The summed E-state index contributed by atoms with van der Waals surface area (Å²) in [6, 6.07) is 6.83. The molecule has 8 heteroatoms. The lowest BCUT2D eigenvalue weighted by Crippen LogP contribution is -2.00. The molecular weight excluding hydrogens is 416 g/mol. The highest BCUT2D eigenvalue weighted by molar-refractivity contribution is 9.11. The lowest BCUT2D eigenvalue weighted by Gasteiger charge is -2.06. The molecule has 2 aromatic rings. The van der Waals surface area contributed by atoms with Crippen molar-refractivity contribution < 1.29 is 9.47 Å². The third-order valence-corrected chi connectivity index (χ3v) is 2.98. The molecule has 0 aliphatic heterocycles. The molecule has 0 aliphatic rings. The van der Waals surface area contributed by atoms with E-state index < -0.39 is 0 Å². The zero-order valence-corrected chi connectivity index (χ0v) is 15.5. The second-order valence-corrected chi connectivity index (χ2v) is 5.61. The minimum Gasteiger partial charge on any atom is -0.478 e. The Morgan fingerprint density at radius 3 is 1.59 bits per heavy atom. The molecule has 0 unspecified atom stereocenters. The van der Waals surface area contributed by atoms with E-state index in [0.717, 1.165) is 9.21 Å². The minimum absolute atomic E-state index is 0.506. The third kappa shape index (κ3) is 6.95. The SMILES string of the molecule is CCOc1cc(N)cc(OCC)n1.Nc1cc(Br)nc(Br)c1. The van der Waals surface area contributed by atoms with Crippen molar-refractivity contribution in [1.29, 1.82) is 0 Å². The number of ether oxygens (including phenoxy) is 2. The summed E-state index contributed by atoms with van der Waals surface area (Å²) in [4.78, 5) is 8.08. The van der Waals surface area contributed by atoms with E-state index in [9.17, 15) is 0 Å². The van der Waals surface area contributed by atoms with Crippen LogP contribution in [0.2, 0.25) is 0 Å². The summed E-state index contributed by atoms with van der Waals surface area (Å²) in [5.41, 5.74) is 12.4. The van der Waals surface area contributed by atoms with Crippen LogP contribution in [0, 0.1) is 0 Å². The number of rotatable bonds is 4. The molecule has 6 nitrogen and oxygen atoms in total. The summed E-state index contributed by atoms with van der Waals surface area (Å²) in [6.45, 7) is 4.93. The first-order valence-electron chi connectivity index (χ1n) is 6.56. The van der Waals surface area contributed by atoms with E-state index in [4.69, 9.17) is 20.9 Å². The van der Waals surface area contributed by atoms with Gasteiger partial charge >= 0.3 is 0 Å². The molecule has 120 valence electrons. The molecule has 2 rings (SSSR count). The van der Waals surface area contributed by atoms with Crippen molar-refractivity contribution in [2.75, 3.05) is 24.7 Å². The Labute approximate surface area is 146 Å². The zero-order chi connectivity index (χ0) is 16.5. The molecule has 0 spiro atoms. The molecule has 4 N–H and O–H groups in total. The van der Waals surface area contributed by atoms with Gasteiger partial charge in [-0.3, -0.25) is 0 Å². The molecule has 22 heavy (non-hydrogen) atoms. The number of hydrogen-bond donors (Lipinski definition) is 2. The Hall–Kier alpha value is -1.54. The van der Waals surface area contributed by atoms with Gasteiger partial charge in [0.15, 0.2) is 0 Å². The quantitative estimate of drug-likeness (QED) is 0.714. The first-order valence-corrected chi connectivity index (χ1v) is 8.14. The lowest BCUT2D eigenvalue weighted by atomic mass is 10.4. The van der Waals surface area contributed by atoms with Crippen molar-refractivity contribution in [3.05, 3.63) is 33.5 Å².